The Balaban J connectivity index is 1.41. The van der Waals surface area contributed by atoms with E-state index < -0.39 is 20.0 Å². The van der Waals surface area contributed by atoms with Crippen LogP contribution in [0.5, 0.6) is 0 Å². The molecule has 0 amide bonds. The molecule has 8 rings (SSSR count). The highest BCUT2D eigenvalue weighted by Gasteiger charge is 2.42. The van der Waals surface area contributed by atoms with Crippen LogP contribution in [0.2, 0.25) is 0 Å². The molecule has 0 saturated heterocycles. The van der Waals surface area contributed by atoms with Gasteiger partial charge in [-0.1, -0.05) is 157 Å². The summed E-state index contributed by atoms with van der Waals surface area (Å²) in [6.07, 6.45) is 0. The molecule has 0 fully saturated rings. The lowest BCUT2D eigenvalue weighted by Gasteiger charge is -2.38. The molecule has 0 unspecified atom stereocenters. The summed E-state index contributed by atoms with van der Waals surface area (Å²) >= 11 is 1.74. The zero-order valence-electron chi connectivity index (χ0n) is 27.9. The second kappa shape index (κ2) is 13.6. The van der Waals surface area contributed by atoms with Crippen LogP contribution in [0, 0.1) is 6.92 Å². The first kappa shape index (κ1) is 32.6. The maximum absolute atomic E-state index is 14.1. The van der Waals surface area contributed by atoms with Crippen molar-refractivity contribution in [3.05, 3.63) is 216 Å². The average Bonchev–Trinajstić information content (AvgIpc) is 3.53. The molecule has 0 aliphatic heterocycles. The molecule has 1 N–H and O–H groups in total. The summed E-state index contributed by atoms with van der Waals surface area (Å²) in [6, 6.07) is 60.8. The fourth-order valence-corrected chi connectivity index (χ4v) is 9.63. The molecule has 0 aliphatic rings. The number of anilines is 1. The largest absolute Gasteiger partial charge is 0.457 e. The van der Waals surface area contributed by atoms with Crippen molar-refractivity contribution in [1.29, 1.82) is 0 Å². The molecule has 4 nitrogen and oxygen atoms in total. The number of fused-ring (bicyclic) bond motifs is 2. The minimum Gasteiger partial charge on any atom is -0.457 e. The van der Waals surface area contributed by atoms with Gasteiger partial charge in [0, 0.05) is 5.39 Å². The zero-order chi connectivity index (χ0) is 34.8. The van der Waals surface area contributed by atoms with E-state index in [0.29, 0.717) is 22.4 Å². The molecule has 1 atom stereocenters. The topological polar surface area (TPSA) is 59.3 Å². The SMILES string of the molecule is Cc1ccc(S(=O)(=O)Nc2c([C@H](SC(c3ccccc3)(c3ccccc3)c3ccccc3)c3ccc4ccccc4c3)oc3ccccc23)cc1. The monoisotopic (exact) mass is 701 g/mol. The maximum atomic E-state index is 14.1. The van der Waals surface area contributed by atoms with E-state index in [9.17, 15) is 8.42 Å². The molecule has 0 spiro atoms. The van der Waals surface area contributed by atoms with E-state index in [0.717, 1.165) is 38.6 Å². The molecule has 1 heterocycles. The van der Waals surface area contributed by atoms with Gasteiger partial charge in [-0.15, -0.1) is 11.8 Å². The zero-order valence-corrected chi connectivity index (χ0v) is 29.6. The van der Waals surface area contributed by atoms with Gasteiger partial charge in [0.2, 0.25) is 0 Å². The Bertz CT molecular complexity index is 2450. The number of furan rings is 1. The van der Waals surface area contributed by atoms with Gasteiger partial charge in [0.1, 0.15) is 11.3 Å². The fourth-order valence-electron chi connectivity index (χ4n) is 6.81. The van der Waals surface area contributed by atoms with E-state index in [1.165, 1.54) is 0 Å². The molecule has 250 valence electrons. The molecule has 51 heavy (non-hydrogen) atoms. The van der Waals surface area contributed by atoms with Crippen molar-refractivity contribution in [3.8, 4) is 0 Å². The molecule has 1 aromatic heterocycles. The highest BCUT2D eigenvalue weighted by molar-refractivity contribution is 8.01. The van der Waals surface area contributed by atoms with Gasteiger partial charge in [-0.25, -0.2) is 8.42 Å². The van der Waals surface area contributed by atoms with Crippen LogP contribution in [0.4, 0.5) is 5.69 Å². The van der Waals surface area contributed by atoms with Gasteiger partial charge in [-0.05, 0) is 70.3 Å². The molecule has 6 heteroatoms. The number of aryl methyl sites for hydroxylation is 1. The summed E-state index contributed by atoms with van der Waals surface area (Å²) in [6.45, 7) is 1.94. The lowest BCUT2D eigenvalue weighted by molar-refractivity contribution is 0.559. The number of para-hydroxylation sites is 1. The first-order valence-electron chi connectivity index (χ1n) is 16.9. The van der Waals surface area contributed by atoms with Gasteiger partial charge in [-0.2, -0.15) is 0 Å². The normalized spacial score (nSPS) is 12.6. The van der Waals surface area contributed by atoms with Gasteiger partial charge in [0.25, 0.3) is 10.0 Å². The summed E-state index contributed by atoms with van der Waals surface area (Å²) in [5.74, 6) is 0.527. The number of rotatable bonds is 10. The minimum absolute atomic E-state index is 0.187. The smallest absolute Gasteiger partial charge is 0.262 e. The van der Waals surface area contributed by atoms with Crippen LogP contribution in [0.15, 0.2) is 191 Å². The Hall–Kier alpha value is -5.56. The Morgan fingerprint density at radius 2 is 1.12 bits per heavy atom. The van der Waals surface area contributed by atoms with Gasteiger partial charge in [0.05, 0.1) is 20.6 Å². The van der Waals surface area contributed by atoms with Gasteiger partial charge in [-0.3, -0.25) is 4.72 Å². The van der Waals surface area contributed by atoms with E-state index in [-0.39, 0.29) is 4.90 Å². The van der Waals surface area contributed by atoms with Gasteiger partial charge >= 0.3 is 0 Å². The first-order valence-corrected chi connectivity index (χ1v) is 19.2. The maximum Gasteiger partial charge on any atom is 0.262 e. The Kier molecular flexibility index (Phi) is 8.72. The summed E-state index contributed by atoms with van der Waals surface area (Å²) in [5, 5.41) is 2.43. The lowest BCUT2D eigenvalue weighted by Crippen LogP contribution is -2.27. The third-order valence-corrected chi connectivity index (χ3v) is 12.5. The van der Waals surface area contributed by atoms with Crippen LogP contribution in [-0.4, -0.2) is 8.42 Å². The van der Waals surface area contributed by atoms with E-state index in [4.69, 9.17) is 4.42 Å². The van der Waals surface area contributed by atoms with Crippen LogP contribution in [-0.2, 0) is 14.8 Å². The molecule has 0 bridgehead atoms. The predicted molar refractivity (Wildman–Crippen MR) is 211 cm³/mol. The minimum atomic E-state index is -3.98. The second-order valence-electron chi connectivity index (χ2n) is 12.6. The lowest BCUT2D eigenvalue weighted by atomic mass is 9.84. The first-order chi connectivity index (χ1) is 24.9. The van der Waals surface area contributed by atoms with Crippen LogP contribution in [0.1, 0.15) is 38.8 Å². The van der Waals surface area contributed by atoms with Crippen molar-refractivity contribution in [2.24, 2.45) is 0 Å². The van der Waals surface area contributed by atoms with Gasteiger partial charge < -0.3 is 4.42 Å². The Morgan fingerprint density at radius 3 is 1.73 bits per heavy atom. The van der Waals surface area contributed by atoms with Crippen molar-refractivity contribution in [3.63, 3.8) is 0 Å². The number of thioether (sulfide) groups is 1. The van der Waals surface area contributed by atoms with Gasteiger partial charge in [0.15, 0.2) is 0 Å². The summed E-state index contributed by atoms with van der Waals surface area (Å²) in [5.41, 5.74) is 6.28. The van der Waals surface area contributed by atoms with E-state index in [1.807, 2.05) is 73.7 Å². The average molecular weight is 702 g/mol. The van der Waals surface area contributed by atoms with Crippen molar-refractivity contribution >= 4 is 49.2 Å². The van der Waals surface area contributed by atoms with Crippen molar-refractivity contribution < 1.29 is 12.8 Å². The summed E-state index contributed by atoms with van der Waals surface area (Å²) < 4.78 is 37.4. The summed E-state index contributed by atoms with van der Waals surface area (Å²) in [7, 11) is -3.98. The van der Waals surface area contributed by atoms with Crippen molar-refractivity contribution in [2.75, 3.05) is 4.72 Å². The summed E-state index contributed by atoms with van der Waals surface area (Å²) in [4.78, 5) is 0.187. The van der Waals surface area contributed by atoms with E-state index in [2.05, 4.69) is 108 Å². The van der Waals surface area contributed by atoms with Crippen LogP contribution in [0.25, 0.3) is 21.7 Å². The number of hydrogen-bond donors (Lipinski definition) is 1. The van der Waals surface area contributed by atoms with E-state index in [1.54, 1.807) is 23.9 Å². The molecule has 0 saturated carbocycles. The number of hydrogen-bond acceptors (Lipinski definition) is 4. The van der Waals surface area contributed by atoms with Crippen molar-refractivity contribution in [1.82, 2.24) is 0 Å². The highest BCUT2D eigenvalue weighted by atomic mass is 32.2. The standard InChI is InChI=1S/C45H35NO3S2/c1-32-25-29-39(30-26-32)51(47,48)46-42-40-23-13-14-24-41(40)49-43(42)44(35-28-27-33-15-11-12-16-34(33)31-35)50-45(36-17-5-2-6-18-36,37-19-7-3-8-20-37)38-21-9-4-10-22-38/h2-31,44,46H,1H3/t44-/m1/s1. The Labute approximate surface area is 302 Å². The molecular weight excluding hydrogens is 667 g/mol. The molecular formula is C45H35NO3S2. The molecule has 0 radical (unpaired) electrons. The van der Waals surface area contributed by atoms with Crippen LogP contribution in [0.3, 0.4) is 0 Å². The number of nitrogens with one attached hydrogen (secondary N) is 1. The van der Waals surface area contributed by atoms with Crippen molar-refractivity contribution in [2.45, 2.75) is 21.8 Å². The highest BCUT2D eigenvalue weighted by Crippen LogP contribution is 2.57. The third kappa shape index (κ3) is 6.22. The molecule has 7 aromatic carbocycles. The third-order valence-electron chi connectivity index (χ3n) is 9.34. The number of benzene rings is 7. The number of sulfonamides is 1. The molecule has 8 aromatic rings. The van der Waals surface area contributed by atoms with Crippen LogP contribution < -0.4 is 4.72 Å². The van der Waals surface area contributed by atoms with Crippen LogP contribution >= 0.6 is 11.8 Å². The quantitative estimate of drug-likeness (QED) is 0.144. The van der Waals surface area contributed by atoms with E-state index >= 15 is 0 Å². The molecule has 0 aliphatic carbocycles. The Morgan fingerprint density at radius 1 is 0.588 bits per heavy atom. The predicted octanol–water partition coefficient (Wildman–Crippen LogP) is 11.5. The second-order valence-corrected chi connectivity index (χ2v) is 15.6. The fraction of sp³-hybridized carbons (Fsp3) is 0.0667.